The van der Waals surface area contributed by atoms with Crippen molar-refractivity contribution in [1.82, 2.24) is 15.0 Å². The summed E-state index contributed by atoms with van der Waals surface area (Å²) in [7, 11) is 0. The van der Waals surface area contributed by atoms with Gasteiger partial charge in [0.2, 0.25) is 11.9 Å². The van der Waals surface area contributed by atoms with E-state index in [-0.39, 0.29) is 16.9 Å². The van der Waals surface area contributed by atoms with Crippen LogP contribution in [0.15, 0.2) is 0 Å². The van der Waals surface area contributed by atoms with Crippen LogP contribution in [0.1, 0.15) is 60.2 Å². The third-order valence-electron chi connectivity index (χ3n) is 3.30. The molecule has 102 valence electrons. The summed E-state index contributed by atoms with van der Waals surface area (Å²) in [6.45, 7) is 12.6. The SMILES string of the molecule is CCC(C)(CC)Nc1nc(N)nc(C(C)(C)C)n1. The first-order valence-corrected chi connectivity index (χ1v) is 6.50. The molecule has 0 atom stereocenters. The summed E-state index contributed by atoms with van der Waals surface area (Å²) in [5, 5.41) is 3.37. The predicted molar refractivity (Wildman–Crippen MR) is 75.5 cm³/mol. The van der Waals surface area contributed by atoms with Crippen molar-refractivity contribution in [2.75, 3.05) is 11.1 Å². The maximum Gasteiger partial charge on any atom is 0.228 e. The Kier molecular flexibility index (Phi) is 4.14. The molecule has 0 amide bonds. The number of rotatable bonds is 4. The Labute approximate surface area is 110 Å². The van der Waals surface area contributed by atoms with Gasteiger partial charge in [-0.2, -0.15) is 15.0 Å². The van der Waals surface area contributed by atoms with Crippen molar-refractivity contribution in [1.29, 1.82) is 0 Å². The maximum atomic E-state index is 5.76. The molecule has 1 aromatic rings. The molecule has 0 aliphatic carbocycles. The van der Waals surface area contributed by atoms with Gasteiger partial charge in [0.25, 0.3) is 0 Å². The van der Waals surface area contributed by atoms with Crippen molar-refractivity contribution in [3.05, 3.63) is 5.82 Å². The predicted octanol–water partition coefficient (Wildman–Crippen LogP) is 2.74. The molecule has 1 rings (SSSR count). The van der Waals surface area contributed by atoms with Gasteiger partial charge in [-0.15, -0.1) is 0 Å². The van der Waals surface area contributed by atoms with Crippen LogP contribution in [0.5, 0.6) is 0 Å². The number of nitrogens with one attached hydrogen (secondary N) is 1. The van der Waals surface area contributed by atoms with Gasteiger partial charge in [0.15, 0.2) is 0 Å². The van der Waals surface area contributed by atoms with Gasteiger partial charge in [-0.05, 0) is 19.8 Å². The number of nitrogens with zero attached hydrogens (tertiary/aromatic N) is 3. The van der Waals surface area contributed by atoms with Gasteiger partial charge in [-0.3, -0.25) is 0 Å². The van der Waals surface area contributed by atoms with Gasteiger partial charge in [0, 0.05) is 11.0 Å². The largest absolute Gasteiger partial charge is 0.368 e. The highest BCUT2D eigenvalue weighted by Gasteiger charge is 2.23. The van der Waals surface area contributed by atoms with Crippen molar-refractivity contribution in [2.24, 2.45) is 0 Å². The second-order valence-corrected chi connectivity index (χ2v) is 5.98. The van der Waals surface area contributed by atoms with E-state index < -0.39 is 0 Å². The van der Waals surface area contributed by atoms with E-state index in [1.807, 2.05) is 0 Å². The third-order valence-corrected chi connectivity index (χ3v) is 3.30. The Morgan fingerprint density at radius 2 is 1.56 bits per heavy atom. The first kappa shape index (κ1) is 14.7. The highest BCUT2D eigenvalue weighted by atomic mass is 15.2. The lowest BCUT2D eigenvalue weighted by Gasteiger charge is -2.28. The Balaban J connectivity index is 3.08. The number of nitrogen functional groups attached to an aromatic ring is 1. The summed E-state index contributed by atoms with van der Waals surface area (Å²) in [5.74, 6) is 1.55. The summed E-state index contributed by atoms with van der Waals surface area (Å²) in [5.41, 5.74) is 5.61. The lowest BCUT2D eigenvalue weighted by atomic mass is 9.95. The number of anilines is 2. The molecular weight excluding hydrogens is 226 g/mol. The molecule has 5 nitrogen and oxygen atoms in total. The van der Waals surface area contributed by atoms with Gasteiger partial charge < -0.3 is 11.1 Å². The van der Waals surface area contributed by atoms with Crippen LogP contribution in [0.3, 0.4) is 0 Å². The Morgan fingerprint density at radius 1 is 1.00 bits per heavy atom. The number of hydrogen-bond acceptors (Lipinski definition) is 5. The molecule has 0 bridgehead atoms. The number of nitrogens with two attached hydrogens (primary N) is 1. The third kappa shape index (κ3) is 3.55. The monoisotopic (exact) mass is 251 g/mol. The zero-order valence-corrected chi connectivity index (χ0v) is 12.3. The van der Waals surface area contributed by atoms with Crippen molar-refractivity contribution in [3.63, 3.8) is 0 Å². The Morgan fingerprint density at radius 3 is 2.00 bits per heavy atom. The van der Waals surface area contributed by atoms with Crippen molar-refractivity contribution >= 4 is 11.9 Å². The molecule has 0 aromatic carbocycles. The number of hydrogen-bond donors (Lipinski definition) is 2. The van der Waals surface area contributed by atoms with Gasteiger partial charge in [0.1, 0.15) is 5.82 Å². The van der Waals surface area contributed by atoms with Crippen LogP contribution in [0, 0.1) is 0 Å². The van der Waals surface area contributed by atoms with E-state index in [0.717, 1.165) is 12.8 Å². The van der Waals surface area contributed by atoms with Crippen LogP contribution in [0.4, 0.5) is 11.9 Å². The maximum absolute atomic E-state index is 5.76. The minimum Gasteiger partial charge on any atom is -0.368 e. The van der Waals surface area contributed by atoms with Crippen LogP contribution in [-0.4, -0.2) is 20.5 Å². The van der Waals surface area contributed by atoms with E-state index in [1.165, 1.54) is 0 Å². The molecule has 3 N–H and O–H groups in total. The Hall–Kier alpha value is -1.39. The van der Waals surface area contributed by atoms with E-state index >= 15 is 0 Å². The normalized spacial score (nSPS) is 12.6. The zero-order chi connectivity index (χ0) is 14.0. The zero-order valence-electron chi connectivity index (χ0n) is 12.3. The van der Waals surface area contributed by atoms with Crippen LogP contribution in [0.2, 0.25) is 0 Å². The fourth-order valence-corrected chi connectivity index (χ4v) is 1.48. The first-order valence-electron chi connectivity index (χ1n) is 6.50. The van der Waals surface area contributed by atoms with E-state index in [4.69, 9.17) is 5.73 Å². The quantitative estimate of drug-likeness (QED) is 0.860. The van der Waals surface area contributed by atoms with Crippen LogP contribution in [0.25, 0.3) is 0 Å². The average Bonchev–Trinajstić information content (AvgIpc) is 2.27. The highest BCUT2D eigenvalue weighted by Crippen LogP contribution is 2.23. The topological polar surface area (TPSA) is 76.7 Å². The van der Waals surface area contributed by atoms with Crippen LogP contribution < -0.4 is 11.1 Å². The highest BCUT2D eigenvalue weighted by molar-refractivity contribution is 5.35. The van der Waals surface area contributed by atoms with E-state index in [0.29, 0.717) is 11.8 Å². The molecule has 1 aromatic heterocycles. The summed E-state index contributed by atoms with van der Waals surface area (Å²) in [4.78, 5) is 12.8. The van der Waals surface area contributed by atoms with E-state index in [1.54, 1.807) is 0 Å². The van der Waals surface area contributed by atoms with Gasteiger partial charge in [-0.25, -0.2) is 0 Å². The molecule has 0 aliphatic heterocycles. The molecule has 0 radical (unpaired) electrons. The average molecular weight is 251 g/mol. The fourth-order valence-electron chi connectivity index (χ4n) is 1.48. The molecular formula is C13H25N5. The molecule has 0 spiro atoms. The van der Waals surface area contributed by atoms with Crippen LogP contribution in [-0.2, 0) is 5.41 Å². The lowest BCUT2D eigenvalue weighted by molar-refractivity contribution is 0.471. The molecule has 0 unspecified atom stereocenters. The molecule has 0 aliphatic rings. The molecule has 5 heteroatoms. The van der Waals surface area contributed by atoms with Crippen LogP contribution >= 0.6 is 0 Å². The summed E-state index contributed by atoms with van der Waals surface area (Å²) in [6, 6.07) is 0. The Bertz CT molecular complexity index is 404. The van der Waals surface area contributed by atoms with E-state index in [2.05, 4.69) is 61.8 Å². The van der Waals surface area contributed by atoms with Crippen molar-refractivity contribution in [3.8, 4) is 0 Å². The first-order chi connectivity index (χ1) is 8.20. The fraction of sp³-hybridized carbons (Fsp3) is 0.769. The lowest BCUT2D eigenvalue weighted by Crippen LogP contribution is -2.34. The minimum absolute atomic E-state index is 0.0110. The molecule has 1 heterocycles. The van der Waals surface area contributed by atoms with Gasteiger partial charge in [0.05, 0.1) is 0 Å². The molecule has 0 fully saturated rings. The molecule has 18 heavy (non-hydrogen) atoms. The molecule has 0 saturated heterocycles. The molecule has 0 saturated carbocycles. The second-order valence-electron chi connectivity index (χ2n) is 5.98. The standard InChI is InChI=1S/C13H25N5/c1-7-13(6,8-2)18-11-16-9(12(3,4)5)15-10(14)17-11/h7-8H2,1-6H3,(H3,14,15,16,17,18). The number of aromatic nitrogens is 3. The minimum atomic E-state index is -0.137. The van der Waals surface area contributed by atoms with Gasteiger partial charge >= 0.3 is 0 Å². The summed E-state index contributed by atoms with van der Waals surface area (Å²) < 4.78 is 0. The summed E-state index contributed by atoms with van der Waals surface area (Å²) >= 11 is 0. The smallest absolute Gasteiger partial charge is 0.228 e. The van der Waals surface area contributed by atoms with E-state index in [9.17, 15) is 0 Å². The van der Waals surface area contributed by atoms with Crippen molar-refractivity contribution < 1.29 is 0 Å². The second kappa shape index (κ2) is 5.08. The summed E-state index contributed by atoms with van der Waals surface area (Å²) in [6.07, 6.45) is 2.00. The van der Waals surface area contributed by atoms with Crippen molar-refractivity contribution in [2.45, 2.75) is 65.3 Å². The van der Waals surface area contributed by atoms with Gasteiger partial charge in [-0.1, -0.05) is 34.6 Å².